The maximum absolute atomic E-state index is 10.6. The molecule has 1 aromatic carbocycles. The van der Waals surface area contributed by atoms with Crippen molar-refractivity contribution >= 4 is 11.6 Å². The number of hydrogen-bond donors (Lipinski definition) is 1. The molecule has 4 heteroatoms. The highest BCUT2D eigenvalue weighted by atomic mass is 35.5. The lowest BCUT2D eigenvalue weighted by Crippen LogP contribution is -2.47. The molecule has 1 spiro atoms. The molecule has 0 bridgehead atoms. The van der Waals surface area contributed by atoms with Gasteiger partial charge in [-0.2, -0.15) is 0 Å². The molecule has 0 radical (unpaired) electrons. The Morgan fingerprint density at radius 1 is 1.24 bits per heavy atom. The molecule has 3 nitrogen and oxygen atoms in total. The summed E-state index contributed by atoms with van der Waals surface area (Å²) in [6.07, 6.45) is 4.02. The predicted octanol–water partition coefficient (Wildman–Crippen LogP) is 3.22. The zero-order chi connectivity index (χ0) is 14.7. The molecule has 2 aliphatic rings. The summed E-state index contributed by atoms with van der Waals surface area (Å²) in [5.74, 6) is 0.285. The molecule has 0 aliphatic carbocycles. The predicted molar refractivity (Wildman–Crippen MR) is 82.6 cm³/mol. The van der Waals surface area contributed by atoms with E-state index < -0.39 is 0 Å². The third-order valence-corrected chi connectivity index (χ3v) is 5.23. The fourth-order valence-corrected chi connectivity index (χ4v) is 3.75. The molecule has 0 saturated carbocycles. The van der Waals surface area contributed by atoms with Crippen molar-refractivity contribution in [1.82, 2.24) is 0 Å². The Kier molecular flexibility index (Phi) is 4.85. The standard InChI is InChI=1S/C17H23ClO3/c18-15-4-2-1-3-13(15)11-16(19)14-5-8-21-17(12-14)6-9-20-10-7-17/h1-4,14,16,19H,5-12H2. The van der Waals surface area contributed by atoms with Crippen molar-refractivity contribution in [3.05, 3.63) is 34.9 Å². The fourth-order valence-electron chi connectivity index (χ4n) is 3.54. The van der Waals surface area contributed by atoms with Crippen LogP contribution in [0.1, 0.15) is 31.2 Å². The Morgan fingerprint density at radius 3 is 2.76 bits per heavy atom. The summed E-state index contributed by atoms with van der Waals surface area (Å²) in [5.41, 5.74) is 0.960. The Labute approximate surface area is 131 Å². The summed E-state index contributed by atoms with van der Waals surface area (Å²) in [6.45, 7) is 2.28. The minimum Gasteiger partial charge on any atom is -0.392 e. The first-order chi connectivity index (χ1) is 10.2. The summed E-state index contributed by atoms with van der Waals surface area (Å²) >= 11 is 6.20. The van der Waals surface area contributed by atoms with Crippen LogP contribution in [0.3, 0.4) is 0 Å². The van der Waals surface area contributed by atoms with Crippen molar-refractivity contribution in [3.8, 4) is 0 Å². The molecule has 1 aromatic rings. The van der Waals surface area contributed by atoms with Crippen LogP contribution in [0.2, 0.25) is 5.02 Å². The number of benzene rings is 1. The molecule has 3 rings (SSSR count). The maximum Gasteiger partial charge on any atom is 0.0730 e. The SMILES string of the molecule is OC(Cc1ccccc1Cl)C1CCOC2(CCOCC2)C1. The summed E-state index contributed by atoms with van der Waals surface area (Å²) in [5, 5.41) is 11.4. The second kappa shape index (κ2) is 6.66. The number of rotatable bonds is 3. The number of aliphatic hydroxyl groups is 1. The van der Waals surface area contributed by atoms with Gasteiger partial charge in [-0.3, -0.25) is 0 Å². The monoisotopic (exact) mass is 310 g/mol. The van der Waals surface area contributed by atoms with E-state index in [9.17, 15) is 5.11 Å². The van der Waals surface area contributed by atoms with Gasteiger partial charge in [-0.25, -0.2) is 0 Å². The highest BCUT2D eigenvalue weighted by Gasteiger charge is 2.40. The topological polar surface area (TPSA) is 38.7 Å². The van der Waals surface area contributed by atoms with Crippen molar-refractivity contribution in [1.29, 1.82) is 0 Å². The largest absolute Gasteiger partial charge is 0.392 e. The number of halogens is 1. The van der Waals surface area contributed by atoms with E-state index in [0.29, 0.717) is 6.42 Å². The minimum absolute atomic E-state index is 0.0668. The third-order valence-electron chi connectivity index (χ3n) is 4.87. The highest BCUT2D eigenvalue weighted by molar-refractivity contribution is 6.31. The van der Waals surface area contributed by atoms with E-state index in [1.165, 1.54) is 0 Å². The number of aliphatic hydroxyl groups excluding tert-OH is 1. The van der Waals surface area contributed by atoms with Crippen LogP contribution in [0.25, 0.3) is 0 Å². The Hall–Kier alpha value is -0.610. The van der Waals surface area contributed by atoms with Gasteiger partial charge in [0.15, 0.2) is 0 Å². The molecule has 0 aromatic heterocycles. The average Bonchev–Trinajstić information content (AvgIpc) is 2.50. The molecule has 2 fully saturated rings. The molecule has 2 aliphatic heterocycles. The molecule has 116 valence electrons. The van der Waals surface area contributed by atoms with Gasteiger partial charge in [-0.05, 0) is 43.2 Å². The molecular weight excluding hydrogens is 288 g/mol. The van der Waals surface area contributed by atoms with Crippen molar-refractivity contribution < 1.29 is 14.6 Å². The summed E-state index contributed by atoms with van der Waals surface area (Å²) in [6, 6.07) is 7.77. The van der Waals surface area contributed by atoms with Crippen LogP contribution in [0.5, 0.6) is 0 Å². The van der Waals surface area contributed by atoms with Crippen LogP contribution in [0.15, 0.2) is 24.3 Å². The smallest absolute Gasteiger partial charge is 0.0730 e. The third kappa shape index (κ3) is 3.59. The van der Waals surface area contributed by atoms with Crippen molar-refractivity contribution in [2.45, 2.75) is 43.8 Å². The molecule has 0 amide bonds. The summed E-state index contributed by atoms with van der Waals surface area (Å²) in [7, 11) is 0. The van der Waals surface area contributed by atoms with Gasteiger partial charge in [0.25, 0.3) is 0 Å². The van der Waals surface area contributed by atoms with E-state index in [1.807, 2.05) is 24.3 Å². The Balaban J connectivity index is 1.64. The first-order valence-electron chi connectivity index (χ1n) is 7.82. The van der Waals surface area contributed by atoms with E-state index in [0.717, 1.165) is 56.1 Å². The molecule has 2 saturated heterocycles. The maximum atomic E-state index is 10.6. The van der Waals surface area contributed by atoms with E-state index in [-0.39, 0.29) is 17.6 Å². The van der Waals surface area contributed by atoms with Crippen LogP contribution in [0, 0.1) is 5.92 Å². The normalized spacial score (nSPS) is 26.7. The van der Waals surface area contributed by atoms with Gasteiger partial charge < -0.3 is 14.6 Å². The van der Waals surface area contributed by atoms with Crippen molar-refractivity contribution in [2.24, 2.45) is 5.92 Å². The van der Waals surface area contributed by atoms with Crippen LogP contribution in [-0.4, -0.2) is 36.6 Å². The van der Waals surface area contributed by atoms with Gasteiger partial charge in [0.05, 0.1) is 11.7 Å². The Morgan fingerprint density at radius 2 is 2.00 bits per heavy atom. The number of ether oxygens (including phenoxy) is 2. The first-order valence-corrected chi connectivity index (χ1v) is 8.19. The van der Waals surface area contributed by atoms with Crippen molar-refractivity contribution in [3.63, 3.8) is 0 Å². The summed E-state index contributed by atoms with van der Waals surface area (Å²) < 4.78 is 11.5. The van der Waals surface area contributed by atoms with Gasteiger partial charge in [-0.1, -0.05) is 29.8 Å². The lowest BCUT2D eigenvalue weighted by atomic mass is 9.77. The molecule has 2 unspecified atom stereocenters. The zero-order valence-electron chi connectivity index (χ0n) is 12.3. The lowest BCUT2D eigenvalue weighted by Gasteiger charge is -2.44. The molecular formula is C17H23ClO3. The van der Waals surface area contributed by atoms with Crippen LogP contribution in [0.4, 0.5) is 0 Å². The quantitative estimate of drug-likeness (QED) is 0.931. The van der Waals surface area contributed by atoms with Crippen LogP contribution >= 0.6 is 11.6 Å². The first kappa shape index (κ1) is 15.3. The lowest BCUT2D eigenvalue weighted by molar-refractivity contribution is -0.158. The Bertz CT molecular complexity index is 465. The van der Waals surface area contributed by atoms with Crippen LogP contribution in [-0.2, 0) is 15.9 Å². The molecule has 1 N–H and O–H groups in total. The van der Waals surface area contributed by atoms with E-state index in [2.05, 4.69) is 0 Å². The van der Waals surface area contributed by atoms with Crippen LogP contribution < -0.4 is 0 Å². The average molecular weight is 311 g/mol. The van der Waals surface area contributed by atoms with Crippen molar-refractivity contribution in [2.75, 3.05) is 19.8 Å². The second-order valence-corrected chi connectivity index (χ2v) is 6.67. The van der Waals surface area contributed by atoms with Gasteiger partial charge in [0, 0.05) is 31.3 Å². The highest BCUT2D eigenvalue weighted by Crippen LogP contribution is 2.39. The summed E-state index contributed by atoms with van der Waals surface area (Å²) in [4.78, 5) is 0. The van der Waals surface area contributed by atoms with Gasteiger partial charge in [0.2, 0.25) is 0 Å². The molecule has 21 heavy (non-hydrogen) atoms. The zero-order valence-corrected chi connectivity index (χ0v) is 13.0. The minimum atomic E-state index is -0.353. The van der Waals surface area contributed by atoms with Gasteiger partial charge >= 0.3 is 0 Å². The van der Waals surface area contributed by atoms with E-state index >= 15 is 0 Å². The van der Waals surface area contributed by atoms with E-state index in [4.69, 9.17) is 21.1 Å². The van der Waals surface area contributed by atoms with Gasteiger partial charge in [-0.15, -0.1) is 0 Å². The fraction of sp³-hybridized carbons (Fsp3) is 0.647. The molecule has 2 heterocycles. The second-order valence-electron chi connectivity index (χ2n) is 6.26. The van der Waals surface area contributed by atoms with Gasteiger partial charge in [0.1, 0.15) is 0 Å². The number of hydrogen-bond acceptors (Lipinski definition) is 3. The molecule has 2 atom stereocenters. The van der Waals surface area contributed by atoms with E-state index in [1.54, 1.807) is 0 Å².